The van der Waals surface area contributed by atoms with Crippen LogP contribution >= 0.6 is 0 Å². The number of benzene rings is 1. The topological polar surface area (TPSA) is 65.8 Å². The van der Waals surface area contributed by atoms with E-state index in [1.807, 2.05) is 35.2 Å². The Hall–Kier alpha value is -2.76. The second kappa shape index (κ2) is 7.10. The minimum Gasteiger partial charge on any atom is -0.461 e. The van der Waals surface area contributed by atoms with E-state index >= 15 is 0 Å². The molecule has 1 aliphatic heterocycles. The summed E-state index contributed by atoms with van der Waals surface area (Å²) in [7, 11) is 3.41. The first-order valence-corrected chi connectivity index (χ1v) is 9.50. The summed E-state index contributed by atoms with van der Waals surface area (Å²) in [6.45, 7) is 1.38. The second-order valence-electron chi connectivity index (χ2n) is 7.60. The van der Waals surface area contributed by atoms with Gasteiger partial charge in [0.05, 0.1) is 0 Å². The monoisotopic (exact) mass is 367 g/mol. The number of carbonyl (C=O) groups excluding carboxylic acids is 2. The number of hydrogen-bond donors (Lipinski definition) is 1. The van der Waals surface area contributed by atoms with Crippen molar-refractivity contribution in [2.24, 2.45) is 5.92 Å². The number of furan rings is 1. The molecule has 0 saturated heterocycles. The molecule has 0 bridgehead atoms. The molecule has 0 spiro atoms. The molecule has 2 aliphatic rings. The lowest BCUT2D eigenvalue weighted by atomic mass is 9.84. The van der Waals surface area contributed by atoms with Crippen LogP contribution in [0.3, 0.4) is 0 Å². The first-order valence-electron chi connectivity index (χ1n) is 9.50. The smallest absolute Gasteiger partial charge is 0.321 e. The predicted molar refractivity (Wildman–Crippen MR) is 103 cm³/mol. The Morgan fingerprint density at radius 2 is 1.93 bits per heavy atom. The number of nitrogens with zero attached hydrogens (tertiary/aromatic N) is 2. The van der Waals surface area contributed by atoms with Crippen LogP contribution in [0.5, 0.6) is 0 Å². The van der Waals surface area contributed by atoms with E-state index in [4.69, 9.17) is 4.42 Å². The molecule has 1 N–H and O–H groups in total. The molecule has 27 heavy (non-hydrogen) atoms. The number of carbonyl (C=O) groups is 2. The van der Waals surface area contributed by atoms with Gasteiger partial charge < -0.3 is 19.5 Å². The molecular formula is C21H25N3O3. The zero-order chi connectivity index (χ0) is 19.0. The molecule has 1 aliphatic carbocycles. The van der Waals surface area contributed by atoms with Gasteiger partial charge in [-0.05, 0) is 43.2 Å². The molecule has 0 atom stereocenters. The molecule has 0 radical (unpaired) electrons. The van der Waals surface area contributed by atoms with Crippen molar-refractivity contribution in [1.82, 2.24) is 9.80 Å². The Morgan fingerprint density at radius 1 is 1.19 bits per heavy atom. The van der Waals surface area contributed by atoms with Gasteiger partial charge >= 0.3 is 6.03 Å². The van der Waals surface area contributed by atoms with Crippen LogP contribution in [0.1, 0.15) is 30.6 Å². The average Bonchev–Trinajstić information content (AvgIpc) is 3.03. The van der Waals surface area contributed by atoms with Crippen LogP contribution < -0.4 is 5.32 Å². The molecule has 4 rings (SSSR count). The van der Waals surface area contributed by atoms with Crippen molar-refractivity contribution in [3.05, 3.63) is 41.7 Å². The third-order valence-electron chi connectivity index (χ3n) is 5.46. The molecule has 1 saturated carbocycles. The predicted octanol–water partition coefficient (Wildman–Crippen LogP) is 3.72. The fourth-order valence-corrected chi connectivity index (χ4v) is 3.53. The average molecular weight is 367 g/mol. The van der Waals surface area contributed by atoms with Gasteiger partial charge in [0, 0.05) is 56.3 Å². The van der Waals surface area contributed by atoms with Gasteiger partial charge in [-0.1, -0.05) is 6.42 Å². The number of rotatable bonds is 3. The maximum Gasteiger partial charge on any atom is 0.321 e. The van der Waals surface area contributed by atoms with Crippen molar-refractivity contribution in [1.29, 1.82) is 0 Å². The Labute approximate surface area is 159 Å². The van der Waals surface area contributed by atoms with E-state index in [2.05, 4.69) is 5.32 Å². The van der Waals surface area contributed by atoms with Crippen LogP contribution in [0, 0.1) is 5.92 Å². The van der Waals surface area contributed by atoms with Gasteiger partial charge in [-0.25, -0.2) is 4.79 Å². The minimum absolute atomic E-state index is 0.160. The first kappa shape index (κ1) is 17.6. The van der Waals surface area contributed by atoms with Gasteiger partial charge in [-0.15, -0.1) is 0 Å². The SMILES string of the molecule is CN(C)C(=O)Nc1ccc(-c2cc3c(o2)CCN(C(=O)C2CCC2)C3)cc1. The fraction of sp³-hybridized carbons (Fsp3) is 0.429. The van der Waals surface area contributed by atoms with Crippen LogP contribution in [0.2, 0.25) is 0 Å². The maximum absolute atomic E-state index is 12.5. The molecule has 6 heteroatoms. The Morgan fingerprint density at radius 3 is 2.56 bits per heavy atom. The number of urea groups is 1. The number of fused-ring (bicyclic) bond motifs is 1. The molecule has 1 fully saturated rings. The quantitative estimate of drug-likeness (QED) is 0.899. The number of nitrogens with one attached hydrogen (secondary N) is 1. The number of hydrogen-bond acceptors (Lipinski definition) is 3. The van der Waals surface area contributed by atoms with E-state index in [0.717, 1.165) is 54.1 Å². The molecule has 6 nitrogen and oxygen atoms in total. The van der Waals surface area contributed by atoms with Crippen molar-refractivity contribution >= 4 is 17.6 Å². The second-order valence-corrected chi connectivity index (χ2v) is 7.60. The van der Waals surface area contributed by atoms with Crippen molar-refractivity contribution < 1.29 is 14.0 Å². The van der Waals surface area contributed by atoms with Crippen LogP contribution in [-0.4, -0.2) is 42.4 Å². The van der Waals surface area contributed by atoms with Gasteiger partial charge in [0.25, 0.3) is 0 Å². The molecule has 142 valence electrons. The summed E-state index contributed by atoms with van der Waals surface area (Å²) in [4.78, 5) is 27.7. The summed E-state index contributed by atoms with van der Waals surface area (Å²) in [6, 6.07) is 9.49. The standard InChI is InChI=1S/C21H25N3O3/c1-23(2)21(26)22-17-8-6-14(7-9-17)19-12-16-13-24(11-10-18(16)27-19)20(25)15-4-3-5-15/h6-9,12,15H,3-5,10-11,13H2,1-2H3,(H,22,26). The maximum atomic E-state index is 12.5. The lowest BCUT2D eigenvalue weighted by molar-refractivity contribution is -0.139. The lowest BCUT2D eigenvalue weighted by Gasteiger charge is -2.33. The highest BCUT2D eigenvalue weighted by Crippen LogP contribution is 2.33. The van der Waals surface area contributed by atoms with E-state index in [-0.39, 0.29) is 11.9 Å². The van der Waals surface area contributed by atoms with E-state index < -0.39 is 0 Å². The highest BCUT2D eigenvalue weighted by molar-refractivity contribution is 5.89. The van der Waals surface area contributed by atoms with Crippen LogP contribution in [0.15, 0.2) is 34.7 Å². The van der Waals surface area contributed by atoms with Gasteiger partial charge in [-0.3, -0.25) is 4.79 Å². The minimum atomic E-state index is -0.160. The summed E-state index contributed by atoms with van der Waals surface area (Å²) >= 11 is 0. The van der Waals surface area contributed by atoms with Gasteiger partial charge in [0.1, 0.15) is 11.5 Å². The van der Waals surface area contributed by atoms with E-state index in [1.165, 1.54) is 11.3 Å². The fourth-order valence-electron chi connectivity index (χ4n) is 3.53. The van der Waals surface area contributed by atoms with E-state index in [0.29, 0.717) is 12.5 Å². The summed E-state index contributed by atoms with van der Waals surface area (Å²) in [5, 5.41) is 2.82. The molecule has 1 aromatic heterocycles. The Kier molecular flexibility index (Phi) is 4.64. The Bertz CT molecular complexity index is 850. The van der Waals surface area contributed by atoms with Gasteiger partial charge in [-0.2, -0.15) is 0 Å². The highest BCUT2D eigenvalue weighted by atomic mass is 16.3. The number of anilines is 1. The normalized spacial score (nSPS) is 16.4. The summed E-state index contributed by atoms with van der Waals surface area (Å²) in [5.41, 5.74) is 2.81. The third-order valence-corrected chi connectivity index (χ3v) is 5.46. The molecule has 3 amide bonds. The summed E-state index contributed by atoms with van der Waals surface area (Å²) < 4.78 is 6.05. The van der Waals surface area contributed by atoms with Crippen LogP contribution in [0.25, 0.3) is 11.3 Å². The first-order chi connectivity index (χ1) is 13.0. The molecule has 2 heterocycles. The Balaban J connectivity index is 1.46. The third kappa shape index (κ3) is 3.56. The van der Waals surface area contributed by atoms with Crippen LogP contribution in [-0.2, 0) is 17.8 Å². The highest BCUT2D eigenvalue weighted by Gasteiger charge is 2.32. The zero-order valence-corrected chi connectivity index (χ0v) is 15.8. The van der Waals surface area contributed by atoms with E-state index in [1.54, 1.807) is 14.1 Å². The molecular weight excluding hydrogens is 342 g/mol. The van der Waals surface area contributed by atoms with Crippen molar-refractivity contribution in [2.75, 3.05) is 26.0 Å². The lowest BCUT2D eigenvalue weighted by Crippen LogP contribution is -2.41. The largest absolute Gasteiger partial charge is 0.461 e. The number of amides is 3. The zero-order valence-electron chi connectivity index (χ0n) is 15.8. The van der Waals surface area contributed by atoms with Gasteiger partial charge in [0.2, 0.25) is 5.91 Å². The van der Waals surface area contributed by atoms with E-state index in [9.17, 15) is 9.59 Å². The summed E-state index contributed by atoms with van der Waals surface area (Å²) in [5.74, 6) is 2.33. The molecule has 2 aromatic rings. The van der Waals surface area contributed by atoms with Crippen molar-refractivity contribution in [3.63, 3.8) is 0 Å². The van der Waals surface area contributed by atoms with Crippen LogP contribution in [0.4, 0.5) is 10.5 Å². The van der Waals surface area contributed by atoms with Crippen molar-refractivity contribution in [3.8, 4) is 11.3 Å². The summed E-state index contributed by atoms with van der Waals surface area (Å²) in [6.07, 6.45) is 4.02. The molecule has 1 aromatic carbocycles. The van der Waals surface area contributed by atoms with Crippen molar-refractivity contribution in [2.45, 2.75) is 32.2 Å². The van der Waals surface area contributed by atoms with Gasteiger partial charge in [0.15, 0.2) is 0 Å². The molecule has 0 unspecified atom stereocenters.